The van der Waals surface area contributed by atoms with E-state index in [0.29, 0.717) is 0 Å². The quantitative estimate of drug-likeness (QED) is 0.314. The molecule has 0 aromatic rings. The fourth-order valence-electron chi connectivity index (χ4n) is 1.21. The maximum absolute atomic E-state index is 11.0. The number of nitrogens with two attached hydrogens (primary N) is 1. The minimum Gasteiger partial charge on any atom is -0.317 e. The van der Waals surface area contributed by atoms with E-state index in [1.54, 1.807) is 0 Å². The highest BCUT2D eigenvalue weighted by Gasteiger charge is 2.20. The summed E-state index contributed by atoms with van der Waals surface area (Å²) in [7, 11) is 0. The zero-order valence-corrected chi connectivity index (χ0v) is 6.29. The van der Waals surface area contributed by atoms with E-state index in [1.807, 2.05) is 0 Å². The van der Waals surface area contributed by atoms with Crippen molar-refractivity contribution in [2.24, 2.45) is 22.1 Å². The van der Waals surface area contributed by atoms with Gasteiger partial charge in [-0.25, -0.2) is 0 Å². The number of hydrogen-bond donors (Lipinski definition) is 2. The maximum atomic E-state index is 11.0. The first kappa shape index (κ1) is 8.13. The van der Waals surface area contributed by atoms with Gasteiger partial charge in [-0.15, -0.1) is 0 Å². The van der Waals surface area contributed by atoms with Crippen LogP contribution >= 0.6 is 0 Å². The summed E-state index contributed by atoms with van der Waals surface area (Å²) in [6, 6.07) is 0. The number of piperidine rings is 1. The van der Waals surface area contributed by atoms with Gasteiger partial charge in [0.15, 0.2) is 0 Å². The highest BCUT2D eigenvalue weighted by Crippen LogP contribution is 2.12. The largest absolute Gasteiger partial charge is 0.317 e. The highest BCUT2D eigenvalue weighted by molar-refractivity contribution is 5.78. The molecule has 1 amide bonds. The average molecular weight is 156 g/mol. The Bertz CT molecular complexity index is 162. The fraction of sp³-hybridized carbons (Fsp3) is 0.833. The predicted octanol–water partition coefficient (Wildman–Crippen LogP) is -0.161. The van der Waals surface area contributed by atoms with Crippen LogP contribution in [0.3, 0.4) is 0 Å². The third-order valence-electron chi connectivity index (χ3n) is 1.84. The van der Waals surface area contributed by atoms with Gasteiger partial charge in [0.05, 0.1) is 0 Å². The Balaban J connectivity index is 2.38. The van der Waals surface area contributed by atoms with Gasteiger partial charge in [-0.1, -0.05) is 10.3 Å². The van der Waals surface area contributed by atoms with Gasteiger partial charge in [0.25, 0.3) is 5.91 Å². The van der Waals surface area contributed by atoms with E-state index in [4.69, 9.17) is 5.84 Å². The first-order chi connectivity index (χ1) is 5.34. The Morgan fingerprint density at radius 3 is 2.64 bits per heavy atom. The monoisotopic (exact) mass is 156 g/mol. The summed E-state index contributed by atoms with van der Waals surface area (Å²) >= 11 is 0. The van der Waals surface area contributed by atoms with Gasteiger partial charge < -0.3 is 11.2 Å². The standard InChI is InChI=1S/C6H12N4O/c7-10-9-6(11)5-1-3-8-4-2-5/h5,8H,1-4H2,(H2,7,9,11). The number of carbonyl (C=O) groups is 1. The Hall–Kier alpha value is -0.970. The lowest BCUT2D eigenvalue weighted by Crippen LogP contribution is -2.31. The summed E-state index contributed by atoms with van der Waals surface area (Å²) < 4.78 is 0. The van der Waals surface area contributed by atoms with Gasteiger partial charge in [0.1, 0.15) is 0 Å². The van der Waals surface area contributed by atoms with E-state index in [9.17, 15) is 4.79 Å². The van der Waals surface area contributed by atoms with Crippen molar-refractivity contribution < 1.29 is 4.79 Å². The molecule has 0 aromatic heterocycles. The van der Waals surface area contributed by atoms with Crippen LogP contribution in [0.15, 0.2) is 10.3 Å². The van der Waals surface area contributed by atoms with Gasteiger partial charge in [-0.3, -0.25) is 4.79 Å². The molecule has 5 heteroatoms. The molecule has 1 fully saturated rings. The summed E-state index contributed by atoms with van der Waals surface area (Å²) in [6.07, 6.45) is 1.69. The van der Waals surface area contributed by atoms with Crippen LogP contribution < -0.4 is 11.2 Å². The summed E-state index contributed by atoms with van der Waals surface area (Å²) in [5, 5.41) is 9.41. The molecule has 11 heavy (non-hydrogen) atoms. The van der Waals surface area contributed by atoms with Crippen molar-refractivity contribution in [3.63, 3.8) is 0 Å². The van der Waals surface area contributed by atoms with Crippen LogP contribution in [-0.4, -0.2) is 19.0 Å². The number of hydrogen-bond acceptors (Lipinski definition) is 3. The topological polar surface area (TPSA) is 79.8 Å². The van der Waals surface area contributed by atoms with Crippen LogP contribution in [0.5, 0.6) is 0 Å². The van der Waals surface area contributed by atoms with Crippen molar-refractivity contribution in [1.82, 2.24) is 5.32 Å². The number of carbonyl (C=O) groups excluding carboxylic acids is 1. The summed E-state index contributed by atoms with van der Waals surface area (Å²) in [5.41, 5.74) is 0. The summed E-state index contributed by atoms with van der Waals surface area (Å²) in [5.74, 6) is 4.60. The zero-order chi connectivity index (χ0) is 8.10. The number of amides is 1. The first-order valence-corrected chi connectivity index (χ1v) is 3.70. The molecule has 62 valence electrons. The van der Waals surface area contributed by atoms with Crippen molar-refractivity contribution >= 4 is 5.91 Å². The third-order valence-corrected chi connectivity index (χ3v) is 1.84. The molecule has 0 aliphatic carbocycles. The highest BCUT2D eigenvalue weighted by atomic mass is 16.2. The molecule has 0 radical (unpaired) electrons. The lowest BCUT2D eigenvalue weighted by Gasteiger charge is -2.18. The van der Waals surface area contributed by atoms with Crippen LogP contribution in [-0.2, 0) is 4.79 Å². The normalized spacial score (nSPS) is 20.7. The van der Waals surface area contributed by atoms with Crippen molar-refractivity contribution in [3.8, 4) is 0 Å². The molecule has 0 bridgehead atoms. The van der Waals surface area contributed by atoms with Gasteiger partial charge in [-0.2, -0.15) is 0 Å². The lowest BCUT2D eigenvalue weighted by atomic mass is 9.98. The Kier molecular flexibility index (Phi) is 2.97. The van der Waals surface area contributed by atoms with E-state index in [0.717, 1.165) is 25.9 Å². The predicted molar refractivity (Wildman–Crippen MR) is 39.6 cm³/mol. The molecular weight excluding hydrogens is 144 g/mol. The Morgan fingerprint density at radius 2 is 2.09 bits per heavy atom. The van der Waals surface area contributed by atoms with Crippen molar-refractivity contribution in [2.75, 3.05) is 13.1 Å². The average Bonchev–Trinajstić information content (AvgIpc) is 2.07. The molecule has 0 atom stereocenters. The minimum absolute atomic E-state index is 0.0311. The first-order valence-electron chi connectivity index (χ1n) is 3.70. The lowest BCUT2D eigenvalue weighted by molar-refractivity contribution is -0.122. The van der Waals surface area contributed by atoms with Crippen LogP contribution in [0, 0.1) is 5.92 Å². The van der Waals surface area contributed by atoms with Crippen molar-refractivity contribution in [2.45, 2.75) is 12.8 Å². The van der Waals surface area contributed by atoms with Gasteiger partial charge >= 0.3 is 0 Å². The second-order valence-electron chi connectivity index (χ2n) is 2.58. The fourth-order valence-corrected chi connectivity index (χ4v) is 1.21. The van der Waals surface area contributed by atoms with E-state index in [1.165, 1.54) is 0 Å². The molecule has 3 N–H and O–H groups in total. The maximum Gasteiger partial charge on any atom is 0.269 e. The molecule has 0 aromatic carbocycles. The van der Waals surface area contributed by atoms with Crippen LogP contribution in [0.1, 0.15) is 12.8 Å². The Labute approximate surface area is 65.0 Å². The van der Waals surface area contributed by atoms with Crippen molar-refractivity contribution in [1.29, 1.82) is 0 Å². The van der Waals surface area contributed by atoms with E-state index in [2.05, 4.69) is 15.7 Å². The molecule has 1 aliphatic heterocycles. The van der Waals surface area contributed by atoms with Crippen LogP contribution in [0.25, 0.3) is 0 Å². The number of rotatable bonds is 1. The molecule has 1 aliphatic rings. The molecule has 1 heterocycles. The minimum atomic E-state index is -0.186. The van der Waals surface area contributed by atoms with Crippen molar-refractivity contribution in [3.05, 3.63) is 0 Å². The molecule has 1 rings (SSSR count). The number of nitrogens with one attached hydrogen (secondary N) is 1. The molecular formula is C6H12N4O. The summed E-state index contributed by atoms with van der Waals surface area (Å²) in [4.78, 5) is 11.0. The van der Waals surface area contributed by atoms with E-state index < -0.39 is 0 Å². The van der Waals surface area contributed by atoms with Gasteiger partial charge in [0, 0.05) is 5.92 Å². The zero-order valence-electron chi connectivity index (χ0n) is 6.29. The number of nitrogens with zero attached hydrogens (tertiary/aromatic N) is 2. The van der Waals surface area contributed by atoms with E-state index >= 15 is 0 Å². The van der Waals surface area contributed by atoms with Crippen LogP contribution in [0.2, 0.25) is 0 Å². The molecule has 0 unspecified atom stereocenters. The SMILES string of the molecule is NN=NC(=O)C1CCNCC1. The van der Waals surface area contributed by atoms with Gasteiger partial charge in [0.2, 0.25) is 0 Å². The molecule has 5 nitrogen and oxygen atoms in total. The molecule has 0 saturated carbocycles. The van der Waals surface area contributed by atoms with Crippen LogP contribution in [0.4, 0.5) is 0 Å². The van der Waals surface area contributed by atoms with E-state index in [-0.39, 0.29) is 11.8 Å². The second-order valence-corrected chi connectivity index (χ2v) is 2.58. The second kappa shape index (κ2) is 4.02. The van der Waals surface area contributed by atoms with Gasteiger partial charge in [-0.05, 0) is 25.9 Å². The Morgan fingerprint density at radius 1 is 1.45 bits per heavy atom. The molecule has 1 saturated heterocycles. The smallest absolute Gasteiger partial charge is 0.269 e. The third kappa shape index (κ3) is 2.27. The molecule has 0 spiro atoms. The summed E-state index contributed by atoms with van der Waals surface area (Å²) in [6.45, 7) is 1.77.